The van der Waals surface area contributed by atoms with Crippen LogP contribution in [0.25, 0.3) is 0 Å². The highest BCUT2D eigenvalue weighted by Crippen LogP contribution is 2.27. The molecule has 2 rings (SSSR count). The Morgan fingerprint density at radius 2 is 2.05 bits per heavy atom. The van der Waals surface area contributed by atoms with Crippen LogP contribution in [0.4, 0.5) is 8.78 Å². The number of nitrogens with zero attached hydrogens (tertiary/aromatic N) is 3. The Bertz CT molecular complexity index is 607. The molecular weight excluding hydrogens is 276 g/mol. The lowest BCUT2D eigenvalue weighted by Gasteiger charge is -2.25. The fraction of sp³-hybridized carbons (Fsp3) is 0.333. The summed E-state index contributed by atoms with van der Waals surface area (Å²) in [5.74, 6) is -1.43. The molecule has 0 aliphatic carbocycles. The Labute approximate surface area is 122 Å². The van der Waals surface area contributed by atoms with Crippen molar-refractivity contribution in [3.63, 3.8) is 0 Å². The summed E-state index contributed by atoms with van der Waals surface area (Å²) in [6.45, 7) is 2.14. The maximum Gasteiger partial charge on any atom is 0.167 e. The van der Waals surface area contributed by atoms with Crippen LogP contribution in [-0.2, 0) is 6.54 Å². The van der Waals surface area contributed by atoms with Crippen molar-refractivity contribution < 1.29 is 13.5 Å². The lowest BCUT2D eigenvalue weighted by atomic mass is 10.1. The van der Waals surface area contributed by atoms with Crippen molar-refractivity contribution in [1.29, 1.82) is 0 Å². The quantitative estimate of drug-likeness (QED) is 0.849. The molecule has 1 aromatic heterocycles. The predicted molar refractivity (Wildman–Crippen MR) is 74.8 cm³/mol. The summed E-state index contributed by atoms with van der Waals surface area (Å²) < 4.78 is 32.5. The molecule has 4 nitrogen and oxygen atoms in total. The van der Waals surface area contributed by atoms with Crippen molar-refractivity contribution in [1.82, 2.24) is 14.9 Å². The van der Waals surface area contributed by atoms with Crippen LogP contribution >= 0.6 is 0 Å². The number of benzene rings is 1. The van der Waals surface area contributed by atoms with Crippen LogP contribution < -0.4 is 4.74 Å². The summed E-state index contributed by atoms with van der Waals surface area (Å²) in [7, 11) is 3.25. The molecule has 0 radical (unpaired) electrons. The van der Waals surface area contributed by atoms with Crippen LogP contribution in [0.1, 0.15) is 24.2 Å². The first-order valence-electron chi connectivity index (χ1n) is 6.51. The molecule has 0 saturated heterocycles. The summed E-state index contributed by atoms with van der Waals surface area (Å²) >= 11 is 0. The Morgan fingerprint density at radius 3 is 2.67 bits per heavy atom. The van der Waals surface area contributed by atoms with Crippen LogP contribution in [-0.4, -0.2) is 29.0 Å². The van der Waals surface area contributed by atoms with E-state index < -0.39 is 11.6 Å². The molecule has 1 aromatic carbocycles. The van der Waals surface area contributed by atoms with Crippen molar-refractivity contribution in [2.75, 3.05) is 14.2 Å². The van der Waals surface area contributed by atoms with E-state index in [4.69, 9.17) is 4.74 Å². The van der Waals surface area contributed by atoms with Gasteiger partial charge in [-0.15, -0.1) is 0 Å². The van der Waals surface area contributed by atoms with Crippen LogP contribution in [0, 0.1) is 11.6 Å². The molecular formula is C15H17F2N3O. The van der Waals surface area contributed by atoms with Gasteiger partial charge in [-0.05, 0) is 32.2 Å². The van der Waals surface area contributed by atoms with Crippen molar-refractivity contribution in [3.05, 3.63) is 53.6 Å². The minimum Gasteiger partial charge on any atom is -0.496 e. The molecule has 0 bridgehead atoms. The van der Waals surface area contributed by atoms with Crippen molar-refractivity contribution in [3.8, 4) is 5.75 Å². The second-order valence-electron chi connectivity index (χ2n) is 4.77. The van der Waals surface area contributed by atoms with Gasteiger partial charge in [0.05, 0.1) is 12.8 Å². The summed E-state index contributed by atoms with van der Waals surface area (Å²) in [5, 5.41) is 0. The largest absolute Gasteiger partial charge is 0.496 e. The molecule has 0 saturated carbocycles. The van der Waals surface area contributed by atoms with Gasteiger partial charge in [-0.25, -0.2) is 18.7 Å². The van der Waals surface area contributed by atoms with Gasteiger partial charge in [-0.3, -0.25) is 4.90 Å². The van der Waals surface area contributed by atoms with E-state index in [-0.39, 0.29) is 18.2 Å². The first kappa shape index (κ1) is 15.3. The zero-order valence-electron chi connectivity index (χ0n) is 12.2. The molecule has 1 heterocycles. The highest BCUT2D eigenvalue weighted by atomic mass is 19.2. The Kier molecular flexibility index (Phi) is 4.80. The summed E-state index contributed by atoms with van der Waals surface area (Å²) in [6, 6.07) is 4.21. The standard InChI is InChI=1S/C15H17F2N3O/c1-10(13-6-7-18-9-19-13)20(2)8-11-14(21-3)5-4-12(16)15(11)17/h4-7,9-10H,8H2,1-3H3/t10-/m0/s1. The third-order valence-electron chi connectivity index (χ3n) is 3.47. The number of ether oxygens (including phenoxy) is 1. The van der Waals surface area contributed by atoms with Crippen molar-refractivity contribution in [2.45, 2.75) is 19.5 Å². The predicted octanol–water partition coefficient (Wildman–Crippen LogP) is 2.96. The van der Waals surface area contributed by atoms with E-state index in [1.807, 2.05) is 18.9 Å². The molecule has 0 unspecified atom stereocenters. The van der Waals surface area contributed by atoms with E-state index in [1.54, 1.807) is 12.3 Å². The van der Waals surface area contributed by atoms with Crippen molar-refractivity contribution in [2.24, 2.45) is 0 Å². The highest BCUT2D eigenvalue weighted by Gasteiger charge is 2.19. The summed E-state index contributed by atoms with van der Waals surface area (Å²) in [5.41, 5.74) is 1.00. The number of rotatable bonds is 5. The Morgan fingerprint density at radius 1 is 1.29 bits per heavy atom. The molecule has 0 aliphatic heterocycles. The molecule has 0 aliphatic rings. The van der Waals surface area contributed by atoms with E-state index in [1.165, 1.54) is 19.5 Å². The molecule has 2 aromatic rings. The van der Waals surface area contributed by atoms with E-state index in [2.05, 4.69) is 9.97 Å². The monoisotopic (exact) mass is 293 g/mol. The highest BCUT2D eigenvalue weighted by molar-refractivity contribution is 5.35. The van der Waals surface area contributed by atoms with E-state index in [0.717, 1.165) is 11.8 Å². The topological polar surface area (TPSA) is 38.2 Å². The third kappa shape index (κ3) is 3.33. The molecule has 0 fully saturated rings. The molecule has 6 heteroatoms. The van der Waals surface area contributed by atoms with E-state index >= 15 is 0 Å². The third-order valence-corrected chi connectivity index (χ3v) is 3.47. The Hall–Kier alpha value is -2.08. The SMILES string of the molecule is COc1ccc(F)c(F)c1CN(C)[C@@H](C)c1ccncn1. The average molecular weight is 293 g/mol. The maximum absolute atomic E-state index is 14.0. The van der Waals surface area contributed by atoms with Gasteiger partial charge in [-0.2, -0.15) is 0 Å². The van der Waals surface area contributed by atoms with Gasteiger partial charge in [0.1, 0.15) is 12.1 Å². The van der Waals surface area contributed by atoms with Crippen LogP contribution in [0.2, 0.25) is 0 Å². The Balaban J connectivity index is 2.23. The number of methoxy groups -OCH3 is 1. The second-order valence-corrected chi connectivity index (χ2v) is 4.77. The zero-order chi connectivity index (χ0) is 15.4. The molecule has 1 atom stereocenters. The number of aromatic nitrogens is 2. The second kappa shape index (κ2) is 6.58. The van der Waals surface area contributed by atoms with Gasteiger partial charge in [0.2, 0.25) is 0 Å². The van der Waals surface area contributed by atoms with Gasteiger partial charge in [-0.1, -0.05) is 0 Å². The minimum absolute atomic E-state index is 0.0691. The number of hydrogen-bond donors (Lipinski definition) is 0. The average Bonchev–Trinajstić information content (AvgIpc) is 2.52. The summed E-state index contributed by atoms with van der Waals surface area (Å²) in [4.78, 5) is 9.90. The van der Waals surface area contributed by atoms with Crippen LogP contribution in [0.15, 0.2) is 30.7 Å². The normalized spacial score (nSPS) is 12.5. The van der Waals surface area contributed by atoms with Gasteiger partial charge in [0.15, 0.2) is 11.6 Å². The molecule has 112 valence electrons. The number of halogens is 2. The maximum atomic E-state index is 14.0. The zero-order valence-corrected chi connectivity index (χ0v) is 12.2. The van der Waals surface area contributed by atoms with Gasteiger partial charge in [0.25, 0.3) is 0 Å². The van der Waals surface area contributed by atoms with Gasteiger partial charge in [0, 0.05) is 24.3 Å². The molecule has 0 N–H and O–H groups in total. The molecule has 0 spiro atoms. The summed E-state index contributed by atoms with van der Waals surface area (Å²) in [6.07, 6.45) is 3.11. The van der Waals surface area contributed by atoms with Crippen LogP contribution in [0.3, 0.4) is 0 Å². The van der Waals surface area contributed by atoms with Gasteiger partial charge >= 0.3 is 0 Å². The molecule has 21 heavy (non-hydrogen) atoms. The van der Waals surface area contributed by atoms with Crippen molar-refractivity contribution >= 4 is 0 Å². The molecule has 0 amide bonds. The first-order chi connectivity index (χ1) is 10.0. The fourth-order valence-corrected chi connectivity index (χ4v) is 2.07. The lowest BCUT2D eigenvalue weighted by molar-refractivity contribution is 0.239. The lowest BCUT2D eigenvalue weighted by Crippen LogP contribution is -2.23. The number of hydrogen-bond acceptors (Lipinski definition) is 4. The minimum atomic E-state index is -0.881. The van der Waals surface area contributed by atoms with E-state index in [0.29, 0.717) is 5.75 Å². The van der Waals surface area contributed by atoms with Gasteiger partial charge < -0.3 is 4.74 Å². The van der Waals surface area contributed by atoms with Crippen LogP contribution in [0.5, 0.6) is 5.75 Å². The smallest absolute Gasteiger partial charge is 0.167 e. The fourth-order valence-electron chi connectivity index (χ4n) is 2.07. The first-order valence-corrected chi connectivity index (χ1v) is 6.51. The van der Waals surface area contributed by atoms with E-state index in [9.17, 15) is 8.78 Å².